The predicted octanol–water partition coefficient (Wildman–Crippen LogP) is 2.86. The van der Waals surface area contributed by atoms with E-state index in [0.717, 1.165) is 0 Å². The lowest BCUT2D eigenvalue weighted by molar-refractivity contribution is -0.116. The van der Waals surface area contributed by atoms with Gasteiger partial charge in [0.2, 0.25) is 5.91 Å². The molecule has 0 unspecified atom stereocenters. The molecule has 0 atom stereocenters. The van der Waals surface area contributed by atoms with Gasteiger partial charge in [-0.2, -0.15) is 0 Å². The molecular weight excluding hydrogens is 300 g/mol. The number of rotatable bonds is 5. The van der Waals surface area contributed by atoms with E-state index in [9.17, 15) is 13.2 Å². The van der Waals surface area contributed by atoms with Crippen LogP contribution in [0.15, 0.2) is 59.5 Å². The fraction of sp³-hybridized carbons (Fsp3) is 0.188. The number of sulfonamides is 1. The van der Waals surface area contributed by atoms with Gasteiger partial charge in [-0.3, -0.25) is 9.52 Å². The van der Waals surface area contributed by atoms with Crippen LogP contribution >= 0.6 is 0 Å². The summed E-state index contributed by atoms with van der Waals surface area (Å²) < 4.78 is 27.4. The minimum atomic E-state index is -3.69. The number of nitrogens with zero attached hydrogens (tertiary/aromatic N) is 1. The third-order valence-corrected chi connectivity index (χ3v) is 4.54. The average molecular weight is 318 g/mol. The summed E-state index contributed by atoms with van der Waals surface area (Å²) in [6.45, 7) is 3.77. The number of amides is 1. The number of carbonyl (C=O) groups excluding carboxylic acids is 1. The molecular formula is C16H18N2O3S. The summed E-state index contributed by atoms with van der Waals surface area (Å²) in [6.07, 6.45) is 0. The van der Waals surface area contributed by atoms with Crippen LogP contribution in [0.4, 0.5) is 11.4 Å². The van der Waals surface area contributed by atoms with Gasteiger partial charge in [-0.25, -0.2) is 8.42 Å². The smallest absolute Gasteiger partial charge is 0.261 e. The Kier molecular flexibility index (Phi) is 4.82. The van der Waals surface area contributed by atoms with Gasteiger partial charge >= 0.3 is 0 Å². The number of carbonyl (C=O) groups is 1. The zero-order valence-electron chi connectivity index (χ0n) is 12.5. The molecule has 2 aromatic rings. The molecule has 0 aliphatic heterocycles. The van der Waals surface area contributed by atoms with E-state index in [-0.39, 0.29) is 10.8 Å². The Morgan fingerprint density at radius 1 is 1.09 bits per heavy atom. The summed E-state index contributed by atoms with van der Waals surface area (Å²) in [6, 6.07) is 15.0. The van der Waals surface area contributed by atoms with Crippen molar-refractivity contribution in [3.63, 3.8) is 0 Å². The van der Waals surface area contributed by atoms with E-state index in [1.807, 2.05) is 13.0 Å². The van der Waals surface area contributed by atoms with Gasteiger partial charge in [0.05, 0.1) is 4.90 Å². The van der Waals surface area contributed by atoms with Gasteiger partial charge in [0.15, 0.2) is 0 Å². The topological polar surface area (TPSA) is 66.5 Å². The highest BCUT2D eigenvalue weighted by Gasteiger charge is 2.17. The number of nitrogens with one attached hydrogen (secondary N) is 1. The first kappa shape index (κ1) is 16.0. The van der Waals surface area contributed by atoms with E-state index in [2.05, 4.69) is 4.72 Å². The zero-order valence-corrected chi connectivity index (χ0v) is 13.3. The molecule has 6 heteroatoms. The molecule has 0 saturated carbocycles. The number of hydrogen-bond acceptors (Lipinski definition) is 3. The lowest BCUT2D eigenvalue weighted by atomic mass is 10.3. The summed E-state index contributed by atoms with van der Waals surface area (Å²) in [5, 5.41) is 0. The minimum Gasteiger partial charge on any atom is -0.313 e. The number of benzene rings is 2. The predicted molar refractivity (Wildman–Crippen MR) is 87.4 cm³/mol. The number of para-hydroxylation sites is 1. The monoisotopic (exact) mass is 318 g/mol. The largest absolute Gasteiger partial charge is 0.313 e. The van der Waals surface area contributed by atoms with Crippen LogP contribution in [0.1, 0.15) is 13.8 Å². The Labute approximate surface area is 130 Å². The second-order valence-electron chi connectivity index (χ2n) is 4.73. The molecule has 0 spiro atoms. The Balaban J connectivity index is 2.34. The van der Waals surface area contributed by atoms with Gasteiger partial charge in [0.1, 0.15) is 0 Å². The van der Waals surface area contributed by atoms with Crippen LogP contribution in [0, 0.1) is 0 Å². The van der Waals surface area contributed by atoms with Gasteiger partial charge in [-0.15, -0.1) is 0 Å². The zero-order chi connectivity index (χ0) is 16.2. The molecule has 116 valence electrons. The Bertz CT molecular complexity index is 758. The lowest BCUT2D eigenvalue weighted by Crippen LogP contribution is -2.28. The van der Waals surface area contributed by atoms with Crippen LogP contribution < -0.4 is 9.62 Å². The SMILES string of the molecule is CCN(C(C)=O)c1cccc(S(=O)(=O)Nc2ccccc2)c1. The minimum absolute atomic E-state index is 0.119. The molecule has 22 heavy (non-hydrogen) atoms. The molecule has 0 fully saturated rings. The summed E-state index contributed by atoms with van der Waals surface area (Å²) in [7, 11) is -3.69. The van der Waals surface area contributed by atoms with Crippen molar-refractivity contribution in [2.45, 2.75) is 18.7 Å². The Hall–Kier alpha value is -2.34. The quantitative estimate of drug-likeness (QED) is 0.922. The highest BCUT2D eigenvalue weighted by atomic mass is 32.2. The normalized spacial score (nSPS) is 11.0. The van der Waals surface area contributed by atoms with Crippen LogP contribution in [-0.2, 0) is 14.8 Å². The van der Waals surface area contributed by atoms with Crippen molar-refractivity contribution in [3.05, 3.63) is 54.6 Å². The van der Waals surface area contributed by atoms with Crippen molar-refractivity contribution in [1.29, 1.82) is 0 Å². The molecule has 0 bridgehead atoms. The summed E-state index contributed by atoms with van der Waals surface area (Å²) in [5.74, 6) is -0.131. The third-order valence-electron chi connectivity index (χ3n) is 3.16. The van der Waals surface area contributed by atoms with Crippen LogP contribution in [0.3, 0.4) is 0 Å². The van der Waals surface area contributed by atoms with Crippen molar-refractivity contribution in [2.24, 2.45) is 0 Å². The van der Waals surface area contributed by atoms with E-state index in [0.29, 0.717) is 17.9 Å². The van der Waals surface area contributed by atoms with Crippen LogP contribution in [0.2, 0.25) is 0 Å². The number of anilines is 2. The first-order valence-corrected chi connectivity index (χ1v) is 8.38. The number of hydrogen-bond donors (Lipinski definition) is 1. The molecule has 2 rings (SSSR count). The molecule has 5 nitrogen and oxygen atoms in total. The molecule has 1 amide bonds. The molecule has 0 aliphatic rings. The first-order valence-electron chi connectivity index (χ1n) is 6.90. The van der Waals surface area contributed by atoms with Crippen LogP contribution in [0.5, 0.6) is 0 Å². The van der Waals surface area contributed by atoms with Gasteiger partial charge in [0, 0.05) is 24.8 Å². The van der Waals surface area contributed by atoms with Crippen molar-refractivity contribution < 1.29 is 13.2 Å². The maximum atomic E-state index is 12.4. The molecule has 2 aromatic carbocycles. The fourth-order valence-electron chi connectivity index (χ4n) is 2.13. The molecule has 0 aliphatic carbocycles. The molecule has 1 N–H and O–H groups in total. The lowest BCUT2D eigenvalue weighted by Gasteiger charge is -2.19. The van der Waals surface area contributed by atoms with Gasteiger partial charge in [-0.1, -0.05) is 24.3 Å². The van der Waals surface area contributed by atoms with Crippen molar-refractivity contribution in [3.8, 4) is 0 Å². The molecule has 0 saturated heterocycles. The average Bonchev–Trinajstić information content (AvgIpc) is 2.48. The first-order chi connectivity index (χ1) is 10.4. The highest BCUT2D eigenvalue weighted by molar-refractivity contribution is 7.92. The second-order valence-corrected chi connectivity index (χ2v) is 6.41. The van der Waals surface area contributed by atoms with Crippen LogP contribution in [0.25, 0.3) is 0 Å². The molecule has 0 radical (unpaired) electrons. The summed E-state index contributed by atoms with van der Waals surface area (Å²) in [5.41, 5.74) is 1.05. The highest BCUT2D eigenvalue weighted by Crippen LogP contribution is 2.21. The van der Waals surface area contributed by atoms with Gasteiger partial charge in [-0.05, 0) is 37.3 Å². The molecule has 0 heterocycles. The molecule has 0 aromatic heterocycles. The maximum absolute atomic E-state index is 12.4. The summed E-state index contributed by atoms with van der Waals surface area (Å²) >= 11 is 0. The Morgan fingerprint density at radius 2 is 1.77 bits per heavy atom. The van der Waals surface area contributed by atoms with E-state index < -0.39 is 10.0 Å². The van der Waals surface area contributed by atoms with Crippen molar-refractivity contribution >= 4 is 27.3 Å². The Morgan fingerprint density at radius 3 is 2.36 bits per heavy atom. The van der Waals surface area contributed by atoms with E-state index >= 15 is 0 Å². The van der Waals surface area contributed by atoms with Gasteiger partial charge < -0.3 is 4.90 Å². The van der Waals surface area contributed by atoms with E-state index in [1.165, 1.54) is 24.0 Å². The third kappa shape index (κ3) is 3.65. The fourth-order valence-corrected chi connectivity index (χ4v) is 3.22. The van der Waals surface area contributed by atoms with Gasteiger partial charge in [0.25, 0.3) is 10.0 Å². The summed E-state index contributed by atoms with van der Waals surface area (Å²) in [4.78, 5) is 13.2. The standard InChI is InChI=1S/C16H18N2O3S/c1-3-18(13(2)19)15-10-7-11-16(12-15)22(20,21)17-14-8-5-4-6-9-14/h4-12,17H,3H2,1-2H3. The van der Waals surface area contributed by atoms with Crippen LogP contribution in [-0.4, -0.2) is 20.9 Å². The van der Waals surface area contributed by atoms with E-state index in [4.69, 9.17) is 0 Å². The van der Waals surface area contributed by atoms with Crippen molar-refractivity contribution in [2.75, 3.05) is 16.2 Å². The van der Waals surface area contributed by atoms with E-state index in [1.54, 1.807) is 36.4 Å². The second kappa shape index (κ2) is 6.62. The maximum Gasteiger partial charge on any atom is 0.261 e. The van der Waals surface area contributed by atoms with Crippen molar-refractivity contribution in [1.82, 2.24) is 0 Å².